The molecule has 0 radical (unpaired) electrons. The number of benzene rings is 4. The quantitative estimate of drug-likeness (QED) is 0.313. The van der Waals surface area contributed by atoms with E-state index in [4.69, 9.17) is 0 Å². The van der Waals surface area contributed by atoms with E-state index in [0.29, 0.717) is 5.92 Å². The van der Waals surface area contributed by atoms with Crippen molar-refractivity contribution < 1.29 is 4.79 Å². The Morgan fingerprint density at radius 3 is 1.65 bits per heavy atom. The van der Waals surface area contributed by atoms with E-state index >= 15 is 0 Å². The van der Waals surface area contributed by atoms with Crippen LogP contribution in [0.2, 0.25) is 0 Å². The van der Waals surface area contributed by atoms with Crippen LogP contribution in [-0.4, -0.2) is 5.91 Å². The molecule has 1 amide bonds. The van der Waals surface area contributed by atoms with Gasteiger partial charge in [-0.2, -0.15) is 0 Å². The lowest BCUT2D eigenvalue weighted by molar-refractivity contribution is -0.124. The van der Waals surface area contributed by atoms with Crippen LogP contribution >= 0.6 is 0 Å². The van der Waals surface area contributed by atoms with Gasteiger partial charge in [-0.1, -0.05) is 128 Å². The first-order valence-corrected chi connectivity index (χ1v) is 12.4. The zero-order chi connectivity index (χ0) is 23.2. The molecule has 1 N–H and O–H groups in total. The van der Waals surface area contributed by atoms with Crippen molar-refractivity contribution in [2.24, 2.45) is 5.92 Å². The molecule has 4 aromatic carbocycles. The van der Waals surface area contributed by atoms with Gasteiger partial charge in [-0.25, -0.2) is 0 Å². The van der Waals surface area contributed by atoms with Crippen molar-refractivity contribution >= 4 is 5.91 Å². The molecule has 0 unspecified atom stereocenters. The van der Waals surface area contributed by atoms with Gasteiger partial charge in [0, 0.05) is 0 Å². The fourth-order valence-electron chi connectivity index (χ4n) is 5.32. The molecule has 0 spiro atoms. The van der Waals surface area contributed by atoms with Crippen molar-refractivity contribution in [2.45, 2.75) is 37.6 Å². The number of carbonyl (C=O) groups is 1. The van der Waals surface area contributed by atoms with E-state index < -0.39 is 0 Å². The molecule has 34 heavy (non-hydrogen) atoms. The van der Waals surface area contributed by atoms with Gasteiger partial charge < -0.3 is 5.32 Å². The standard InChI is InChI=1S/C32H31NO/c34-32(30(27-16-10-11-17-27)26-14-6-2-7-15-26)33-31(28-18-8-3-9-19-28)29-22-20-25(21-23-29)24-12-4-1-5-13-24/h1-9,12-15,18-23,27,30-31H,10-11,16-17H2,(H,33,34)/t30-,31+/m1/s1. The molecule has 0 saturated heterocycles. The minimum Gasteiger partial charge on any atom is -0.345 e. The molecule has 0 heterocycles. The molecule has 0 aromatic heterocycles. The predicted molar refractivity (Wildman–Crippen MR) is 139 cm³/mol. The normalized spacial score (nSPS) is 15.5. The monoisotopic (exact) mass is 445 g/mol. The summed E-state index contributed by atoms with van der Waals surface area (Å²) in [4.78, 5) is 13.9. The molecule has 0 bridgehead atoms. The summed E-state index contributed by atoms with van der Waals surface area (Å²) >= 11 is 0. The summed E-state index contributed by atoms with van der Waals surface area (Å²) in [5, 5.41) is 3.45. The number of hydrogen-bond donors (Lipinski definition) is 1. The van der Waals surface area contributed by atoms with Crippen molar-refractivity contribution in [3.63, 3.8) is 0 Å². The molecule has 2 nitrogen and oxygen atoms in total. The summed E-state index contributed by atoms with van der Waals surface area (Å²) < 4.78 is 0. The number of hydrogen-bond acceptors (Lipinski definition) is 1. The molecule has 1 aliphatic rings. The number of carbonyl (C=O) groups excluding carboxylic acids is 1. The van der Waals surface area contributed by atoms with Crippen LogP contribution in [0.25, 0.3) is 11.1 Å². The molecule has 2 heteroatoms. The van der Waals surface area contributed by atoms with Gasteiger partial charge in [0.2, 0.25) is 5.91 Å². The Labute approximate surface area is 202 Å². The number of nitrogens with one attached hydrogen (secondary N) is 1. The van der Waals surface area contributed by atoms with Crippen LogP contribution in [0.5, 0.6) is 0 Å². The highest BCUT2D eigenvalue weighted by atomic mass is 16.2. The highest BCUT2D eigenvalue weighted by molar-refractivity contribution is 5.85. The Hall–Kier alpha value is -3.65. The second-order valence-electron chi connectivity index (χ2n) is 9.27. The Balaban J connectivity index is 1.46. The second kappa shape index (κ2) is 10.5. The van der Waals surface area contributed by atoms with Crippen molar-refractivity contribution in [3.05, 3.63) is 132 Å². The summed E-state index contributed by atoms with van der Waals surface area (Å²) in [7, 11) is 0. The average Bonchev–Trinajstić information content (AvgIpc) is 3.44. The van der Waals surface area contributed by atoms with Gasteiger partial charge in [0.05, 0.1) is 12.0 Å². The second-order valence-corrected chi connectivity index (χ2v) is 9.27. The van der Waals surface area contributed by atoms with Crippen LogP contribution in [0, 0.1) is 5.92 Å². The molecule has 4 aromatic rings. The van der Waals surface area contributed by atoms with Crippen molar-refractivity contribution in [2.75, 3.05) is 0 Å². The van der Waals surface area contributed by atoms with Crippen molar-refractivity contribution in [3.8, 4) is 11.1 Å². The zero-order valence-corrected chi connectivity index (χ0v) is 19.4. The fraction of sp³-hybridized carbons (Fsp3) is 0.219. The van der Waals surface area contributed by atoms with Crippen LogP contribution in [0.3, 0.4) is 0 Å². The van der Waals surface area contributed by atoms with E-state index in [9.17, 15) is 4.79 Å². The Morgan fingerprint density at radius 2 is 1.06 bits per heavy atom. The van der Waals surface area contributed by atoms with Crippen LogP contribution in [-0.2, 0) is 4.79 Å². The molecular formula is C32H31NO. The Bertz CT molecular complexity index is 1180. The van der Waals surface area contributed by atoms with Gasteiger partial charge in [0.1, 0.15) is 0 Å². The molecule has 170 valence electrons. The third-order valence-electron chi connectivity index (χ3n) is 7.08. The maximum Gasteiger partial charge on any atom is 0.228 e. The highest BCUT2D eigenvalue weighted by Crippen LogP contribution is 2.38. The number of amides is 1. The topological polar surface area (TPSA) is 29.1 Å². The van der Waals surface area contributed by atoms with E-state index in [2.05, 4.69) is 78.1 Å². The van der Waals surface area contributed by atoms with E-state index in [-0.39, 0.29) is 17.9 Å². The molecule has 1 aliphatic carbocycles. The first kappa shape index (κ1) is 22.2. The third-order valence-corrected chi connectivity index (χ3v) is 7.08. The SMILES string of the molecule is O=C(N[C@@H](c1ccccc1)c1ccc(-c2ccccc2)cc1)[C@H](c1ccccc1)C1CCCC1. The Morgan fingerprint density at radius 1 is 0.588 bits per heavy atom. The largest absolute Gasteiger partial charge is 0.345 e. The molecule has 5 rings (SSSR count). The van der Waals surface area contributed by atoms with Gasteiger partial charge in [-0.05, 0) is 46.6 Å². The molecule has 0 aliphatic heterocycles. The third kappa shape index (κ3) is 4.97. The van der Waals surface area contributed by atoms with E-state index in [1.54, 1.807) is 0 Å². The fourth-order valence-corrected chi connectivity index (χ4v) is 5.32. The van der Waals surface area contributed by atoms with E-state index in [1.807, 2.05) is 42.5 Å². The van der Waals surface area contributed by atoms with Crippen molar-refractivity contribution in [1.82, 2.24) is 5.32 Å². The van der Waals surface area contributed by atoms with Gasteiger partial charge >= 0.3 is 0 Å². The van der Waals surface area contributed by atoms with Crippen LogP contribution in [0.4, 0.5) is 0 Å². The lowest BCUT2D eigenvalue weighted by Crippen LogP contribution is -2.36. The first-order valence-electron chi connectivity index (χ1n) is 12.4. The molecule has 2 atom stereocenters. The minimum atomic E-state index is -0.189. The minimum absolute atomic E-state index is 0.112. The first-order chi connectivity index (χ1) is 16.8. The molecule has 1 fully saturated rings. The average molecular weight is 446 g/mol. The van der Waals surface area contributed by atoms with E-state index in [1.165, 1.54) is 24.0 Å². The zero-order valence-electron chi connectivity index (χ0n) is 19.4. The van der Waals surface area contributed by atoms with Crippen LogP contribution in [0.1, 0.15) is 54.3 Å². The lowest BCUT2D eigenvalue weighted by Gasteiger charge is -2.27. The van der Waals surface area contributed by atoms with Crippen LogP contribution < -0.4 is 5.32 Å². The van der Waals surface area contributed by atoms with Gasteiger partial charge in [0.15, 0.2) is 0 Å². The maximum absolute atomic E-state index is 13.9. The Kier molecular flexibility index (Phi) is 6.86. The summed E-state index contributed by atoms with van der Waals surface area (Å²) in [6, 6.07) is 39.4. The molecule has 1 saturated carbocycles. The maximum atomic E-state index is 13.9. The summed E-state index contributed by atoms with van der Waals surface area (Å²) in [6.07, 6.45) is 4.66. The smallest absolute Gasteiger partial charge is 0.228 e. The lowest BCUT2D eigenvalue weighted by atomic mass is 9.83. The summed E-state index contributed by atoms with van der Waals surface area (Å²) in [5.41, 5.74) is 5.69. The summed E-state index contributed by atoms with van der Waals surface area (Å²) in [5.74, 6) is 0.414. The van der Waals surface area contributed by atoms with Gasteiger partial charge in [-0.3, -0.25) is 4.79 Å². The van der Waals surface area contributed by atoms with E-state index in [0.717, 1.165) is 29.5 Å². The number of rotatable bonds is 7. The van der Waals surface area contributed by atoms with Gasteiger partial charge in [-0.15, -0.1) is 0 Å². The molecular weight excluding hydrogens is 414 g/mol. The van der Waals surface area contributed by atoms with Gasteiger partial charge in [0.25, 0.3) is 0 Å². The summed E-state index contributed by atoms with van der Waals surface area (Å²) in [6.45, 7) is 0. The predicted octanol–water partition coefficient (Wildman–Crippen LogP) is 7.53. The highest BCUT2D eigenvalue weighted by Gasteiger charge is 2.33. The van der Waals surface area contributed by atoms with Crippen molar-refractivity contribution in [1.29, 1.82) is 0 Å². The van der Waals surface area contributed by atoms with Crippen LogP contribution in [0.15, 0.2) is 115 Å².